The van der Waals surface area contributed by atoms with Gasteiger partial charge in [0.25, 0.3) is 0 Å². The molecule has 1 aliphatic heterocycles. The molecule has 0 aromatic heterocycles. The zero-order valence-corrected chi connectivity index (χ0v) is 20.2. The molecule has 5 nitrogen and oxygen atoms in total. The highest BCUT2D eigenvalue weighted by Gasteiger charge is 2.25. The van der Waals surface area contributed by atoms with Crippen LogP contribution < -0.4 is 10.6 Å². The monoisotopic (exact) mass is 525 g/mol. The van der Waals surface area contributed by atoms with Gasteiger partial charge in [0.05, 0.1) is 0 Å². The summed E-state index contributed by atoms with van der Waals surface area (Å²) in [5, 5.41) is 6.53. The lowest BCUT2D eigenvalue weighted by Crippen LogP contribution is -2.47. The summed E-state index contributed by atoms with van der Waals surface area (Å²) in [5.74, 6) is 0.503. The number of piperazine rings is 1. The fraction of sp³-hybridized carbons (Fsp3) is 0.435. The number of rotatable bonds is 7. The van der Waals surface area contributed by atoms with E-state index in [-0.39, 0.29) is 29.8 Å². The summed E-state index contributed by atoms with van der Waals surface area (Å²) in [5.41, 5.74) is 2.02. The van der Waals surface area contributed by atoms with Crippen molar-refractivity contribution in [2.75, 3.05) is 46.8 Å². The molecule has 0 saturated carbocycles. The summed E-state index contributed by atoms with van der Waals surface area (Å²) < 4.78 is 13.8. The van der Waals surface area contributed by atoms with Gasteiger partial charge < -0.3 is 15.5 Å². The van der Waals surface area contributed by atoms with Crippen molar-refractivity contribution in [3.63, 3.8) is 0 Å². The van der Waals surface area contributed by atoms with Gasteiger partial charge in [-0.2, -0.15) is 0 Å². The van der Waals surface area contributed by atoms with Crippen LogP contribution in [0.3, 0.4) is 0 Å². The van der Waals surface area contributed by atoms with E-state index in [1.807, 2.05) is 6.07 Å². The fourth-order valence-electron chi connectivity index (χ4n) is 3.75. The molecule has 1 heterocycles. The minimum atomic E-state index is -0.197. The van der Waals surface area contributed by atoms with Crippen LogP contribution in [0.2, 0.25) is 0 Å². The van der Waals surface area contributed by atoms with Gasteiger partial charge in [-0.15, -0.1) is 24.0 Å². The van der Waals surface area contributed by atoms with Crippen molar-refractivity contribution in [1.82, 2.24) is 20.4 Å². The maximum absolute atomic E-state index is 13.8. The van der Waals surface area contributed by atoms with E-state index in [1.165, 1.54) is 11.6 Å². The molecule has 7 heteroatoms. The van der Waals surface area contributed by atoms with E-state index in [9.17, 15) is 4.39 Å². The molecule has 1 atom stereocenters. The molecule has 0 radical (unpaired) electrons. The first kappa shape index (κ1) is 24.6. The summed E-state index contributed by atoms with van der Waals surface area (Å²) in [6.45, 7) is 5.51. The highest BCUT2D eigenvalue weighted by Crippen LogP contribution is 2.24. The number of nitrogens with one attached hydrogen (secondary N) is 2. The lowest BCUT2D eigenvalue weighted by molar-refractivity contribution is 0.0891. The third-order valence-corrected chi connectivity index (χ3v) is 5.42. The highest BCUT2D eigenvalue weighted by molar-refractivity contribution is 14.0. The number of aliphatic imine (C=N–C) groups is 1. The SMILES string of the molecule is CN=C(NCCCN1CCN(C)CC1c1ccccc1)NCc1ccccc1F.I. The number of nitrogens with zero attached hydrogens (tertiary/aromatic N) is 3. The minimum absolute atomic E-state index is 0. The second-order valence-corrected chi connectivity index (χ2v) is 7.52. The number of halogens is 2. The third kappa shape index (κ3) is 7.21. The van der Waals surface area contributed by atoms with E-state index >= 15 is 0 Å². The van der Waals surface area contributed by atoms with E-state index in [0.717, 1.165) is 39.1 Å². The van der Waals surface area contributed by atoms with Gasteiger partial charge in [-0.05, 0) is 25.1 Å². The topological polar surface area (TPSA) is 42.9 Å². The third-order valence-electron chi connectivity index (χ3n) is 5.42. The van der Waals surface area contributed by atoms with Crippen LogP contribution in [0.5, 0.6) is 0 Å². The summed E-state index contributed by atoms with van der Waals surface area (Å²) in [6, 6.07) is 18.0. The number of hydrogen-bond donors (Lipinski definition) is 2. The van der Waals surface area contributed by atoms with Gasteiger partial charge in [0.15, 0.2) is 5.96 Å². The van der Waals surface area contributed by atoms with Crippen LogP contribution >= 0.6 is 24.0 Å². The van der Waals surface area contributed by atoms with Crippen LogP contribution in [0, 0.1) is 5.82 Å². The molecule has 0 spiro atoms. The Kier molecular flexibility index (Phi) is 10.5. The zero-order valence-electron chi connectivity index (χ0n) is 17.9. The summed E-state index contributed by atoms with van der Waals surface area (Å²) in [7, 11) is 3.93. The molecule has 2 N–H and O–H groups in total. The Morgan fingerprint density at radius 2 is 1.80 bits per heavy atom. The molecule has 0 bridgehead atoms. The first-order chi connectivity index (χ1) is 14.2. The summed E-state index contributed by atoms with van der Waals surface area (Å²) in [4.78, 5) is 9.22. The molecule has 1 fully saturated rings. The molecule has 164 valence electrons. The molecule has 3 rings (SSSR count). The van der Waals surface area contributed by atoms with Crippen molar-refractivity contribution in [3.8, 4) is 0 Å². The standard InChI is InChI=1S/C23H32FN5.HI/c1-25-23(27-17-20-11-6-7-12-21(20)24)26-13-8-14-29-16-15-28(2)18-22(29)19-9-4-3-5-10-19;/h3-7,9-12,22H,8,13-18H2,1-2H3,(H2,25,26,27);1H. The average molecular weight is 525 g/mol. The molecule has 2 aromatic rings. The molecule has 0 amide bonds. The van der Waals surface area contributed by atoms with E-state index in [2.05, 4.69) is 62.8 Å². The van der Waals surface area contributed by atoms with Gasteiger partial charge in [0.1, 0.15) is 5.82 Å². The second kappa shape index (κ2) is 12.9. The first-order valence-electron chi connectivity index (χ1n) is 10.3. The van der Waals surface area contributed by atoms with Crippen molar-refractivity contribution in [2.45, 2.75) is 19.0 Å². The van der Waals surface area contributed by atoms with Crippen LogP contribution in [-0.4, -0.2) is 62.6 Å². The Morgan fingerprint density at radius 1 is 1.07 bits per heavy atom. The molecule has 1 aliphatic rings. The number of benzene rings is 2. The smallest absolute Gasteiger partial charge is 0.191 e. The Hall–Kier alpha value is -1.71. The van der Waals surface area contributed by atoms with Crippen LogP contribution in [0.1, 0.15) is 23.6 Å². The van der Waals surface area contributed by atoms with Crippen molar-refractivity contribution < 1.29 is 4.39 Å². The quantitative estimate of drug-likeness (QED) is 0.252. The van der Waals surface area contributed by atoms with Gasteiger partial charge >= 0.3 is 0 Å². The van der Waals surface area contributed by atoms with E-state index in [4.69, 9.17) is 0 Å². The molecular formula is C23H33FIN5. The Labute approximate surface area is 196 Å². The maximum Gasteiger partial charge on any atom is 0.191 e. The van der Waals surface area contributed by atoms with Gasteiger partial charge in [0.2, 0.25) is 0 Å². The fourth-order valence-corrected chi connectivity index (χ4v) is 3.75. The maximum atomic E-state index is 13.8. The van der Waals surface area contributed by atoms with Crippen LogP contribution in [-0.2, 0) is 6.54 Å². The van der Waals surface area contributed by atoms with Crippen LogP contribution in [0.4, 0.5) is 4.39 Å². The molecule has 0 aliphatic carbocycles. The first-order valence-corrected chi connectivity index (χ1v) is 10.3. The number of hydrogen-bond acceptors (Lipinski definition) is 3. The van der Waals surface area contributed by atoms with Gasteiger partial charge in [-0.1, -0.05) is 48.5 Å². The average Bonchev–Trinajstić information content (AvgIpc) is 2.75. The van der Waals surface area contributed by atoms with Crippen molar-refractivity contribution in [2.24, 2.45) is 4.99 Å². The zero-order chi connectivity index (χ0) is 20.5. The molecule has 1 saturated heterocycles. The van der Waals surface area contributed by atoms with Gasteiger partial charge in [0, 0.05) is 57.9 Å². The Morgan fingerprint density at radius 3 is 2.53 bits per heavy atom. The molecule has 30 heavy (non-hydrogen) atoms. The largest absolute Gasteiger partial charge is 0.356 e. The summed E-state index contributed by atoms with van der Waals surface area (Å²) >= 11 is 0. The van der Waals surface area contributed by atoms with Crippen LogP contribution in [0.25, 0.3) is 0 Å². The van der Waals surface area contributed by atoms with Crippen LogP contribution in [0.15, 0.2) is 59.6 Å². The Balaban J connectivity index is 0.00000320. The lowest BCUT2D eigenvalue weighted by Gasteiger charge is -2.40. The van der Waals surface area contributed by atoms with E-state index in [1.54, 1.807) is 19.2 Å². The van der Waals surface area contributed by atoms with Crippen molar-refractivity contribution >= 4 is 29.9 Å². The molecular weight excluding hydrogens is 492 g/mol. The van der Waals surface area contributed by atoms with Crippen molar-refractivity contribution in [1.29, 1.82) is 0 Å². The molecule has 1 unspecified atom stereocenters. The Bertz CT molecular complexity index is 786. The van der Waals surface area contributed by atoms with E-state index in [0.29, 0.717) is 24.1 Å². The summed E-state index contributed by atoms with van der Waals surface area (Å²) in [6.07, 6.45) is 1.02. The number of likely N-dealkylation sites (N-methyl/N-ethyl adjacent to an activating group) is 1. The second-order valence-electron chi connectivity index (χ2n) is 7.52. The highest BCUT2D eigenvalue weighted by atomic mass is 127. The minimum Gasteiger partial charge on any atom is -0.356 e. The van der Waals surface area contributed by atoms with E-state index < -0.39 is 0 Å². The van der Waals surface area contributed by atoms with Gasteiger partial charge in [-0.25, -0.2) is 4.39 Å². The predicted octanol–water partition coefficient (Wildman–Crippen LogP) is 3.49. The normalized spacial score (nSPS) is 18.0. The number of guanidine groups is 1. The predicted molar refractivity (Wildman–Crippen MR) is 133 cm³/mol. The molecule has 2 aromatic carbocycles. The van der Waals surface area contributed by atoms with Gasteiger partial charge in [-0.3, -0.25) is 9.89 Å². The lowest BCUT2D eigenvalue weighted by atomic mass is 10.0. The van der Waals surface area contributed by atoms with Crippen molar-refractivity contribution in [3.05, 3.63) is 71.5 Å².